The summed E-state index contributed by atoms with van der Waals surface area (Å²) in [5, 5.41) is 11.9. The predicted octanol–water partition coefficient (Wildman–Crippen LogP) is 2.74. The van der Waals surface area contributed by atoms with E-state index in [1.807, 2.05) is 30.5 Å². The third kappa shape index (κ3) is 3.42. The minimum absolute atomic E-state index is 0.156. The van der Waals surface area contributed by atoms with Crippen molar-refractivity contribution in [2.45, 2.75) is 32.2 Å². The number of carboxylic acids is 1. The van der Waals surface area contributed by atoms with Gasteiger partial charge in [-0.05, 0) is 25.8 Å². The Balaban J connectivity index is 1.72. The number of carbonyl (C=O) groups excluding carboxylic acids is 1. The molecule has 1 atom stereocenters. The van der Waals surface area contributed by atoms with Crippen LogP contribution in [-0.4, -0.2) is 39.5 Å². The molecule has 0 saturated carbocycles. The van der Waals surface area contributed by atoms with Crippen molar-refractivity contribution in [1.29, 1.82) is 0 Å². The first-order valence-corrected chi connectivity index (χ1v) is 8.46. The van der Waals surface area contributed by atoms with Crippen LogP contribution < -0.4 is 0 Å². The summed E-state index contributed by atoms with van der Waals surface area (Å²) in [5.41, 5.74) is 2.91. The lowest BCUT2D eigenvalue weighted by Gasteiger charge is -2.20. The summed E-state index contributed by atoms with van der Waals surface area (Å²) in [4.78, 5) is 29.5. The average molecular weight is 330 g/mol. The molecular formula is C17H18N2O3S. The maximum Gasteiger partial charge on any atom is 0.326 e. The molecule has 3 rings (SSSR count). The molecule has 1 aromatic heterocycles. The molecular weight excluding hydrogens is 312 g/mol. The quantitative estimate of drug-likeness (QED) is 0.936. The number of rotatable bonds is 4. The van der Waals surface area contributed by atoms with E-state index in [1.54, 1.807) is 0 Å². The van der Waals surface area contributed by atoms with E-state index < -0.39 is 12.0 Å². The lowest BCUT2D eigenvalue weighted by Crippen LogP contribution is -2.41. The van der Waals surface area contributed by atoms with E-state index >= 15 is 0 Å². The summed E-state index contributed by atoms with van der Waals surface area (Å²) in [6, 6.07) is 7.39. The highest BCUT2D eigenvalue weighted by molar-refractivity contribution is 7.13. The van der Waals surface area contributed by atoms with Gasteiger partial charge in [-0.2, -0.15) is 0 Å². The van der Waals surface area contributed by atoms with Gasteiger partial charge >= 0.3 is 5.97 Å². The van der Waals surface area contributed by atoms with Gasteiger partial charge in [0.1, 0.15) is 11.0 Å². The highest BCUT2D eigenvalue weighted by atomic mass is 32.1. The molecule has 0 radical (unpaired) electrons. The molecule has 1 amide bonds. The third-order valence-corrected chi connectivity index (χ3v) is 4.95. The Morgan fingerprint density at radius 1 is 1.43 bits per heavy atom. The molecule has 0 bridgehead atoms. The van der Waals surface area contributed by atoms with Gasteiger partial charge in [0, 0.05) is 17.5 Å². The number of likely N-dealkylation sites (tertiary alicyclic amines) is 1. The first kappa shape index (κ1) is 15.7. The van der Waals surface area contributed by atoms with Crippen LogP contribution in [0.3, 0.4) is 0 Å². The number of benzene rings is 1. The second-order valence-electron chi connectivity index (χ2n) is 5.77. The fraction of sp³-hybridized carbons (Fsp3) is 0.353. The molecule has 1 aromatic carbocycles. The van der Waals surface area contributed by atoms with E-state index in [0.717, 1.165) is 22.6 Å². The Labute approximate surface area is 138 Å². The standard InChI is InChI=1S/C17H18N2O3S/c1-11-4-2-5-12(8-11)16-18-13(10-23-16)9-15(20)19-7-3-6-14(19)17(21)22/h2,4-5,8,10,14H,3,6-7,9H2,1H3,(H,21,22)/t14-/m1/s1. The zero-order valence-corrected chi connectivity index (χ0v) is 13.7. The van der Waals surface area contributed by atoms with Crippen molar-refractivity contribution in [2.75, 3.05) is 6.54 Å². The smallest absolute Gasteiger partial charge is 0.326 e. The van der Waals surface area contributed by atoms with Crippen molar-refractivity contribution in [3.8, 4) is 10.6 Å². The fourth-order valence-corrected chi connectivity index (χ4v) is 3.69. The molecule has 120 valence electrons. The van der Waals surface area contributed by atoms with Crippen molar-refractivity contribution in [3.63, 3.8) is 0 Å². The van der Waals surface area contributed by atoms with Gasteiger partial charge in [0.25, 0.3) is 0 Å². The second-order valence-corrected chi connectivity index (χ2v) is 6.63. The summed E-state index contributed by atoms with van der Waals surface area (Å²) < 4.78 is 0. The number of aromatic nitrogens is 1. The van der Waals surface area contributed by atoms with Crippen LogP contribution in [0.4, 0.5) is 0 Å². The highest BCUT2D eigenvalue weighted by Gasteiger charge is 2.33. The molecule has 5 nitrogen and oxygen atoms in total. The number of carbonyl (C=O) groups is 2. The largest absolute Gasteiger partial charge is 0.480 e. The fourth-order valence-electron chi connectivity index (χ4n) is 2.88. The summed E-state index contributed by atoms with van der Waals surface area (Å²) in [6.07, 6.45) is 1.44. The summed E-state index contributed by atoms with van der Waals surface area (Å²) in [6.45, 7) is 2.55. The van der Waals surface area contributed by atoms with Crippen LogP contribution >= 0.6 is 11.3 Å². The zero-order chi connectivity index (χ0) is 16.4. The molecule has 23 heavy (non-hydrogen) atoms. The first-order valence-electron chi connectivity index (χ1n) is 7.58. The topological polar surface area (TPSA) is 70.5 Å². The number of aliphatic carboxylic acids is 1. The summed E-state index contributed by atoms with van der Waals surface area (Å²) >= 11 is 1.50. The number of hydrogen-bond donors (Lipinski definition) is 1. The molecule has 1 aliphatic rings. The molecule has 1 aliphatic heterocycles. The normalized spacial score (nSPS) is 17.4. The minimum atomic E-state index is -0.922. The van der Waals surface area contributed by atoms with Gasteiger partial charge in [-0.3, -0.25) is 4.79 Å². The molecule has 6 heteroatoms. The molecule has 1 saturated heterocycles. The SMILES string of the molecule is Cc1cccc(-c2nc(CC(=O)N3CCC[C@@H]3C(=O)O)cs2)c1. The summed E-state index contributed by atoms with van der Waals surface area (Å²) in [7, 11) is 0. The van der Waals surface area contributed by atoms with Gasteiger partial charge in [-0.15, -0.1) is 11.3 Å². The van der Waals surface area contributed by atoms with Crippen LogP contribution in [0.1, 0.15) is 24.1 Å². The average Bonchev–Trinajstić information content (AvgIpc) is 3.16. The van der Waals surface area contributed by atoms with Crippen molar-refractivity contribution in [3.05, 3.63) is 40.9 Å². The maximum atomic E-state index is 12.4. The monoisotopic (exact) mass is 330 g/mol. The maximum absolute atomic E-state index is 12.4. The van der Waals surface area contributed by atoms with E-state index in [4.69, 9.17) is 5.11 Å². The lowest BCUT2D eigenvalue weighted by atomic mass is 10.1. The van der Waals surface area contributed by atoms with Crippen LogP contribution in [0, 0.1) is 6.92 Å². The third-order valence-electron chi connectivity index (χ3n) is 4.01. The molecule has 2 aromatic rings. The molecule has 1 fully saturated rings. The van der Waals surface area contributed by atoms with Crippen LogP contribution in [-0.2, 0) is 16.0 Å². The molecule has 0 aliphatic carbocycles. The second kappa shape index (κ2) is 6.50. The number of aryl methyl sites for hydroxylation is 1. The van der Waals surface area contributed by atoms with Crippen LogP contribution in [0.5, 0.6) is 0 Å². The predicted molar refractivity (Wildman–Crippen MR) is 88.4 cm³/mol. The Morgan fingerprint density at radius 2 is 2.26 bits per heavy atom. The molecule has 2 heterocycles. The van der Waals surface area contributed by atoms with Crippen molar-refractivity contribution < 1.29 is 14.7 Å². The van der Waals surface area contributed by atoms with E-state index in [0.29, 0.717) is 18.7 Å². The molecule has 0 spiro atoms. The van der Waals surface area contributed by atoms with Gasteiger partial charge in [0.05, 0.1) is 12.1 Å². The van der Waals surface area contributed by atoms with Crippen molar-refractivity contribution >= 4 is 23.2 Å². The Bertz CT molecular complexity index is 741. The minimum Gasteiger partial charge on any atom is -0.480 e. The molecule has 1 N–H and O–H groups in total. The Hall–Kier alpha value is -2.21. The summed E-state index contributed by atoms with van der Waals surface area (Å²) in [5.74, 6) is -1.08. The molecule has 0 unspecified atom stereocenters. The van der Waals surface area contributed by atoms with Gasteiger partial charge in [0.15, 0.2) is 0 Å². The Kier molecular flexibility index (Phi) is 4.43. The highest BCUT2D eigenvalue weighted by Crippen LogP contribution is 2.25. The van der Waals surface area contributed by atoms with Crippen LogP contribution in [0.15, 0.2) is 29.6 Å². The van der Waals surface area contributed by atoms with E-state index in [9.17, 15) is 9.59 Å². The number of carboxylic acid groups (broad SMARTS) is 1. The number of hydrogen-bond acceptors (Lipinski definition) is 4. The van der Waals surface area contributed by atoms with Gasteiger partial charge in [-0.1, -0.05) is 23.8 Å². The van der Waals surface area contributed by atoms with Crippen molar-refractivity contribution in [2.24, 2.45) is 0 Å². The van der Waals surface area contributed by atoms with E-state index in [-0.39, 0.29) is 12.3 Å². The van der Waals surface area contributed by atoms with E-state index in [1.165, 1.54) is 16.2 Å². The van der Waals surface area contributed by atoms with Gasteiger partial charge in [-0.25, -0.2) is 9.78 Å². The first-order chi connectivity index (χ1) is 11.0. The van der Waals surface area contributed by atoms with E-state index in [2.05, 4.69) is 11.1 Å². The van der Waals surface area contributed by atoms with Crippen LogP contribution in [0.25, 0.3) is 10.6 Å². The number of thiazole rings is 1. The van der Waals surface area contributed by atoms with Crippen LogP contribution in [0.2, 0.25) is 0 Å². The van der Waals surface area contributed by atoms with Crippen molar-refractivity contribution in [1.82, 2.24) is 9.88 Å². The Morgan fingerprint density at radius 3 is 3.00 bits per heavy atom. The number of amides is 1. The lowest BCUT2D eigenvalue weighted by molar-refractivity contribution is -0.148. The number of nitrogens with zero attached hydrogens (tertiary/aromatic N) is 2. The zero-order valence-electron chi connectivity index (χ0n) is 12.9. The van der Waals surface area contributed by atoms with Gasteiger partial charge in [0.2, 0.25) is 5.91 Å². The van der Waals surface area contributed by atoms with Gasteiger partial charge < -0.3 is 10.0 Å².